The summed E-state index contributed by atoms with van der Waals surface area (Å²) in [5.41, 5.74) is 1.64. The minimum absolute atomic E-state index is 0.182. The van der Waals surface area contributed by atoms with Crippen molar-refractivity contribution < 1.29 is 19.4 Å². The van der Waals surface area contributed by atoms with Crippen molar-refractivity contribution in [2.45, 2.75) is 18.6 Å². The molecule has 0 aliphatic carbocycles. The third-order valence-corrected chi connectivity index (χ3v) is 3.67. The summed E-state index contributed by atoms with van der Waals surface area (Å²) in [5.74, 6) is -1.57. The highest BCUT2D eigenvalue weighted by Gasteiger charge is 2.25. The second-order valence-electron chi connectivity index (χ2n) is 5.47. The van der Waals surface area contributed by atoms with Crippen LogP contribution in [0, 0.1) is 0 Å². The van der Waals surface area contributed by atoms with Gasteiger partial charge in [0.15, 0.2) is 6.10 Å². The van der Waals surface area contributed by atoms with Crippen molar-refractivity contribution in [1.82, 2.24) is 5.32 Å². The highest BCUT2D eigenvalue weighted by Crippen LogP contribution is 2.16. The molecule has 0 aliphatic rings. The molecule has 130 valence electrons. The molecule has 0 saturated heterocycles. The first-order chi connectivity index (χ1) is 12.1. The van der Waals surface area contributed by atoms with Crippen molar-refractivity contribution in [2.75, 3.05) is 7.11 Å². The van der Waals surface area contributed by atoms with Crippen LogP contribution in [0.5, 0.6) is 0 Å². The molecule has 0 fully saturated rings. The lowest BCUT2D eigenvalue weighted by atomic mass is 10.1. The molecule has 2 atom stereocenters. The van der Waals surface area contributed by atoms with Crippen LogP contribution in [0.2, 0.25) is 0 Å². The number of methoxy groups -OCH3 is 1. The third kappa shape index (κ3) is 5.58. The van der Waals surface area contributed by atoms with Crippen molar-refractivity contribution in [2.24, 2.45) is 0 Å². The van der Waals surface area contributed by atoms with E-state index in [0.717, 1.165) is 5.56 Å². The SMILES string of the molecule is CO[C@H](C(=O)N[C@@H](C/C=C/c1ccccc1)C(=O)O)c1ccccc1. The monoisotopic (exact) mass is 339 g/mol. The van der Waals surface area contributed by atoms with Gasteiger partial charge in [0.25, 0.3) is 5.91 Å². The van der Waals surface area contributed by atoms with Gasteiger partial charge in [0.05, 0.1) is 0 Å². The highest BCUT2D eigenvalue weighted by molar-refractivity contribution is 5.87. The van der Waals surface area contributed by atoms with Crippen LogP contribution >= 0.6 is 0 Å². The maximum Gasteiger partial charge on any atom is 0.326 e. The molecule has 0 bridgehead atoms. The molecular weight excluding hydrogens is 318 g/mol. The lowest BCUT2D eigenvalue weighted by Crippen LogP contribution is -2.43. The first-order valence-corrected chi connectivity index (χ1v) is 7.94. The molecule has 1 amide bonds. The van der Waals surface area contributed by atoms with Crippen molar-refractivity contribution in [1.29, 1.82) is 0 Å². The van der Waals surface area contributed by atoms with E-state index < -0.39 is 24.0 Å². The highest BCUT2D eigenvalue weighted by atomic mass is 16.5. The minimum atomic E-state index is -1.09. The average Bonchev–Trinajstić information content (AvgIpc) is 2.63. The summed E-state index contributed by atoms with van der Waals surface area (Å²) in [4.78, 5) is 23.8. The van der Waals surface area contributed by atoms with Crippen LogP contribution in [0.4, 0.5) is 0 Å². The molecule has 2 aromatic rings. The van der Waals surface area contributed by atoms with Gasteiger partial charge >= 0.3 is 5.97 Å². The molecule has 2 rings (SSSR count). The fourth-order valence-electron chi connectivity index (χ4n) is 2.40. The second-order valence-corrected chi connectivity index (χ2v) is 5.47. The molecule has 0 aliphatic heterocycles. The van der Waals surface area contributed by atoms with Gasteiger partial charge in [-0.05, 0) is 17.5 Å². The fourth-order valence-corrected chi connectivity index (χ4v) is 2.40. The van der Waals surface area contributed by atoms with Gasteiger partial charge in [0, 0.05) is 7.11 Å². The summed E-state index contributed by atoms with van der Waals surface area (Å²) in [7, 11) is 1.42. The van der Waals surface area contributed by atoms with E-state index in [1.165, 1.54) is 7.11 Å². The van der Waals surface area contributed by atoms with Crippen LogP contribution < -0.4 is 5.32 Å². The number of nitrogens with one attached hydrogen (secondary N) is 1. The zero-order valence-electron chi connectivity index (χ0n) is 14.0. The number of carboxylic acid groups (broad SMARTS) is 1. The predicted octanol–water partition coefficient (Wildman–Crippen LogP) is 3.05. The van der Waals surface area contributed by atoms with Gasteiger partial charge in [-0.1, -0.05) is 72.8 Å². The number of hydrogen-bond acceptors (Lipinski definition) is 3. The maximum absolute atomic E-state index is 12.4. The quantitative estimate of drug-likeness (QED) is 0.775. The zero-order chi connectivity index (χ0) is 18.1. The molecule has 0 heterocycles. The Bertz CT molecular complexity index is 713. The smallest absolute Gasteiger partial charge is 0.326 e. The molecule has 5 heteroatoms. The molecular formula is C20H21NO4. The number of hydrogen-bond donors (Lipinski definition) is 2. The summed E-state index contributed by atoms with van der Waals surface area (Å²) in [6, 6.07) is 17.5. The Morgan fingerprint density at radius 1 is 1.08 bits per heavy atom. The van der Waals surface area contributed by atoms with E-state index in [1.807, 2.05) is 42.5 Å². The number of rotatable bonds is 8. The number of carbonyl (C=O) groups excluding carboxylic acids is 1. The summed E-state index contributed by atoms with van der Waals surface area (Å²) in [6.45, 7) is 0. The van der Waals surface area contributed by atoms with E-state index in [1.54, 1.807) is 30.3 Å². The summed E-state index contributed by atoms with van der Waals surface area (Å²) < 4.78 is 5.23. The maximum atomic E-state index is 12.4. The summed E-state index contributed by atoms with van der Waals surface area (Å²) in [5, 5.41) is 11.9. The first kappa shape index (κ1) is 18.4. The van der Waals surface area contributed by atoms with E-state index >= 15 is 0 Å². The van der Waals surface area contributed by atoms with Crippen LogP contribution in [-0.2, 0) is 14.3 Å². The molecule has 0 radical (unpaired) electrons. The summed E-state index contributed by atoms with van der Waals surface area (Å²) in [6.07, 6.45) is 2.90. The van der Waals surface area contributed by atoms with Crippen molar-refractivity contribution in [3.63, 3.8) is 0 Å². The largest absolute Gasteiger partial charge is 0.480 e. The third-order valence-electron chi connectivity index (χ3n) is 3.67. The minimum Gasteiger partial charge on any atom is -0.480 e. The van der Waals surface area contributed by atoms with Crippen molar-refractivity contribution in [3.8, 4) is 0 Å². The van der Waals surface area contributed by atoms with Crippen LogP contribution in [0.3, 0.4) is 0 Å². The standard InChI is InChI=1S/C20H21NO4/c1-25-18(16-12-6-3-7-13-16)19(22)21-17(20(23)24)14-8-11-15-9-4-2-5-10-15/h2-13,17-18H,14H2,1H3,(H,21,22)(H,23,24)/b11-8+/t17-,18-/m0/s1. The molecule has 0 aromatic heterocycles. The fraction of sp³-hybridized carbons (Fsp3) is 0.200. The van der Waals surface area contributed by atoms with Gasteiger partial charge in [-0.3, -0.25) is 4.79 Å². The Labute approximate surface area is 146 Å². The predicted molar refractivity (Wildman–Crippen MR) is 95.9 cm³/mol. The van der Waals surface area contributed by atoms with Gasteiger partial charge in [0.2, 0.25) is 0 Å². The lowest BCUT2D eigenvalue weighted by Gasteiger charge is -2.19. The molecule has 25 heavy (non-hydrogen) atoms. The number of carboxylic acids is 1. The molecule has 0 unspecified atom stereocenters. The average molecular weight is 339 g/mol. The van der Waals surface area contributed by atoms with E-state index in [9.17, 15) is 14.7 Å². The van der Waals surface area contributed by atoms with Crippen molar-refractivity contribution in [3.05, 3.63) is 77.9 Å². The number of carbonyl (C=O) groups is 2. The molecule has 2 N–H and O–H groups in total. The molecule has 0 saturated carbocycles. The Morgan fingerprint density at radius 2 is 1.68 bits per heavy atom. The Hall–Kier alpha value is -2.92. The van der Waals surface area contributed by atoms with Crippen LogP contribution in [-0.4, -0.2) is 30.1 Å². The van der Waals surface area contributed by atoms with Gasteiger partial charge in [-0.2, -0.15) is 0 Å². The molecule has 0 spiro atoms. The van der Waals surface area contributed by atoms with Crippen LogP contribution in [0.25, 0.3) is 6.08 Å². The first-order valence-electron chi connectivity index (χ1n) is 7.94. The van der Waals surface area contributed by atoms with Gasteiger partial charge in [0.1, 0.15) is 6.04 Å². The Morgan fingerprint density at radius 3 is 2.24 bits per heavy atom. The molecule has 5 nitrogen and oxygen atoms in total. The van der Waals surface area contributed by atoms with Crippen LogP contribution in [0.1, 0.15) is 23.7 Å². The van der Waals surface area contributed by atoms with E-state index in [0.29, 0.717) is 5.56 Å². The topological polar surface area (TPSA) is 75.6 Å². The number of ether oxygens (including phenoxy) is 1. The van der Waals surface area contributed by atoms with E-state index in [4.69, 9.17) is 4.74 Å². The van der Waals surface area contributed by atoms with E-state index in [2.05, 4.69) is 5.32 Å². The van der Waals surface area contributed by atoms with Gasteiger partial charge in [-0.25, -0.2) is 4.79 Å². The number of amides is 1. The Balaban J connectivity index is 2.01. The summed E-state index contributed by atoms with van der Waals surface area (Å²) >= 11 is 0. The molecule has 2 aromatic carbocycles. The van der Waals surface area contributed by atoms with Gasteiger partial charge in [-0.15, -0.1) is 0 Å². The lowest BCUT2D eigenvalue weighted by molar-refractivity contribution is -0.143. The van der Waals surface area contributed by atoms with Crippen molar-refractivity contribution >= 4 is 18.0 Å². The number of benzene rings is 2. The Kier molecular flexibility index (Phi) is 6.92. The van der Waals surface area contributed by atoms with Crippen LogP contribution in [0.15, 0.2) is 66.7 Å². The zero-order valence-corrected chi connectivity index (χ0v) is 14.0. The van der Waals surface area contributed by atoms with E-state index in [-0.39, 0.29) is 6.42 Å². The normalized spacial score (nSPS) is 13.3. The van der Waals surface area contributed by atoms with Gasteiger partial charge < -0.3 is 15.2 Å². The second kappa shape index (κ2) is 9.39. The number of aliphatic carboxylic acids is 1.